The highest BCUT2D eigenvalue weighted by Gasteiger charge is 2.00. The SMILES string of the molecule is CCNc1cccc(OCCCSCc2c[nH]c(=O)o2)c1. The molecule has 2 aromatic rings. The van der Waals surface area contributed by atoms with Gasteiger partial charge in [-0.1, -0.05) is 6.07 Å². The van der Waals surface area contributed by atoms with Crippen LogP contribution in [0.1, 0.15) is 19.1 Å². The number of nitrogens with one attached hydrogen (secondary N) is 2. The fraction of sp³-hybridized carbons (Fsp3) is 0.400. The zero-order valence-corrected chi connectivity index (χ0v) is 12.9. The first-order valence-electron chi connectivity index (χ1n) is 7.00. The van der Waals surface area contributed by atoms with Crippen LogP contribution >= 0.6 is 11.8 Å². The summed E-state index contributed by atoms with van der Waals surface area (Å²) in [6.07, 6.45) is 2.56. The summed E-state index contributed by atoms with van der Waals surface area (Å²) in [5.74, 6) is 2.84. The monoisotopic (exact) mass is 308 g/mol. The second-order valence-corrected chi connectivity index (χ2v) is 5.56. The Morgan fingerprint density at radius 2 is 2.33 bits per heavy atom. The van der Waals surface area contributed by atoms with Gasteiger partial charge in [-0.3, -0.25) is 4.98 Å². The molecule has 0 saturated carbocycles. The van der Waals surface area contributed by atoms with Crippen LogP contribution in [0.15, 0.2) is 39.7 Å². The Labute approximate surface area is 128 Å². The number of hydrogen-bond donors (Lipinski definition) is 2. The highest BCUT2D eigenvalue weighted by molar-refractivity contribution is 7.98. The topological polar surface area (TPSA) is 67.3 Å². The van der Waals surface area contributed by atoms with Crippen LogP contribution in [-0.4, -0.2) is 23.9 Å². The molecule has 0 aliphatic carbocycles. The number of anilines is 1. The van der Waals surface area contributed by atoms with E-state index in [1.165, 1.54) is 0 Å². The lowest BCUT2D eigenvalue weighted by Crippen LogP contribution is -2.00. The number of aromatic nitrogens is 1. The summed E-state index contributed by atoms with van der Waals surface area (Å²) in [5, 5.41) is 3.26. The molecule has 0 spiro atoms. The summed E-state index contributed by atoms with van der Waals surface area (Å²) in [6.45, 7) is 3.65. The second-order valence-electron chi connectivity index (χ2n) is 4.46. The minimum atomic E-state index is -0.394. The van der Waals surface area contributed by atoms with Crippen molar-refractivity contribution in [1.29, 1.82) is 0 Å². The zero-order chi connectivity index (χ0) is 14.9. The molecule has 0 unspecified atom stereocenters. The standard InChI is InChI=1S/C15H20N2O3S/c1-2-16-12-5-3-6-13(9-12)19-7-4-8-21-11-14-10-17-15(18)20-14/h3,5-6,9-10,16H,2,4,7-8,11H2,1H3,(H,17,18). The van der Waals surface area contributed by atoms with E-state index in [4.69, 9.17) is 9.15 Å². The molecule has 0 bridgehead atoms. The molecule has 2 N–H and O–H groups in total. The molecule has 1 aromatic carbocycles. The average molecular weight is 308 g/mol. The number of rotatable bonds is 9. The molecular weight excluding hydrogens is 288 g/mol. The normalized spacial score (nSPS) is 10.5. The summed E-state index contributed by atoms with van der Waals surface area (Å²) in [4.78, 5) is 13.3. The van der Waals surface area contributed by atoms with Gasteiger partial charge in [0.25, 0.3) is 0 Å². The van der Waals surface area contributed by atoms with Gasteiger partial charge in [-0.2, -0.15) is 11.8 Å². The van der Waals surface area contributed by atoms with E-state index >= 15 is 0 Å². The first-order chi connectivity index (χ1) is 10.3. The summed E-state index contributed by atoms with van der Waals surface area (Å²) in [6, 6.07) is 7.97. The number of oxazole rings is 1. The Morgan fingerprint density at radius 3 is 3.10 bits per heavy atom. The van der Waals surface area contributed by atoms with Crippen molar-refractivity contribution >= 4 is 17.4 Å². The van der Waals surface area contributed by atoms with Crippen LogP contribution in [0, 0.1) is 0 Å². The van der Waals surface area contributed by atoms with Crippen molar-refractivity contribution in [3.8, 4) is 5.75 Å². The zero-order valence-electron chi connectivity index (χ0n) is 12.1. The van der Waals surface area contributed by atoms with Gasteiger partial charge >= 0.3 is 5.76 Å². The average Bonchev–Trinajstić information content (AvgIpc) is 2.89. The molecule has 0 amide bonds. The lowest BCUT2D eigenvalue weighted by Gasteiger charge is -2.08. The van der Waals surface area contributed by atoms with Crippen LogP contribution in [0.2, 0.25) is 0 Å². The minimum Gasteiger partial charge on any atom is -0.493 e. The molecule has 6 heteroatoms. The van der Waals surface area contributed by atoms with Crippen molar-refractivity contribution in [2.24, 2.45) is 0 Å². The number of thioether (sulfide) groups is 1. The van der Waals surface area contributed by atoms with Gasteiger partial charge in [0.2, 0.25) is 0 Å². The van der Waals surface area contributed by atoms with E-state index in [0.717, 1.165) is 30.2 Å². The van der Waals surface area contributed by atoms with Gasteiger partial charge in [0.05, 0.1) is 12.4 Å². The van der Waals surface area contributed by atoms with E-state index in [1.54, 1.807) is 18.0 Å². The van der Waals surface area contributed by atoms with E-state index in [-0.39, 0.29) is 0 Å². The Kier molecular flexibility index (Phi) is 6.27. The molecule has 0 radical (unpaired) electrons. The van der Waals surface area contributed by atoms with Crippen LogP contribution in [-0.2, 0) is 5.75 Å². The van der Waals surface area contributed by atoms with E-state index < -0.39 is 5.76 Å². The van der Waals surface area contributed by atoms with Crippen molar-refractivity contribution in [3.05, 3.63) is 46.8 Å². The number of H-pyrrole nitrogens is 1. The van der Waals surface area contributed by atoms with Crippen LogP contribution in [0.3, 0.4) is 0 Å². The number of ether oxygens (including phenoxy) is 1. The summed E-state index contributed by atoms with van der Waals surface area (Å²) < 4.78 is 10.6. The Bertz CT molecular complexity index is 594. The highest BCUT2D eigenvalue weighted by Crippen LogP contribution is 2.18. The van der Waals surface area contributed by atoms with Crippen molar-refractivity contribution in [1.82, 2.24) is 4.98 Å². The molecule has 114 valence electrons. The van der Waals surface area contributed by atoms with E-state index in [9.17, 15) is 4.79 Å². The molecule has 0 fully saturated rings. The molecule has 0 atom stereocenters. The molecule has 0 aliphatic rings. The lowest BCUT2D eigenvalue weighted by atomic mass is 10.3. The van der Waals surface area contributed by atoms with Gasteiger partial charge in [0.1, 0.15) is 11.5 Å². The fourth-order valence-electron chi connectivity index (χ4n) is 1.81. The fourth-order valence-corrected chi connectivity index (χ4v) is 2.62. The molecule has 5 nitrogen and oxygen atoms in total. The van der Waals surface area contributed by atoms with E-state index in [1.807, 2.05) is 24.3 Å². The third-order valence-electron chi connectivity index (χ3n) is 2.74. The van der Waals surface area contributed by atoms with Crippen molar-refractivity contribution < 1.29 is 9.15 Å². The van der Waals surface area contributed by atoms with Crippen LogP contribution in [0.25, 0.3) is 0 Å². The molecule has 1 heterocycles. The largest absolute Gasteiger partial charge is 0.493 e. The maximum atomic E-state index is 10.8. The molecule has 2 rings (SSSR count). The molecule has 0 aliphatic heterocycles. The molecule has 1 aromatic heterocycles. The lowest BCUT2D eigenvalue weighted by molar-refractivity contribution is 0.319. The summed E-state index contributed by atoms with van der Waals surface area (Å²) in [7, 11) is 0. The van der Waals surface area contributed by atoms with Crippen LogP contribution < -0.4 is 15.8 Å². The first kappa shape index (κ1) is 15.6. The third kappa shape index (κ3) is 5.59. The number of benzene rings is 1. The van der Waals surface area contributed by atoms with Gasteiger partial charge in [-0.05, 0) is 31.2 Å². The number of hydrogen-bond acceptors (Lipinski definition) is 5. The molecular formula is C15H20N2O3S. The van der Waals surface area contributed by atoms with Crippen LogP contribution in [0.4, 0.5) is 5.69 Å². The molecule has 21 heavy (non-hydrogen) atoms. The van der Waals surface area contributed by atoms with Gasteiger partial charge < -0.3 is 14.5 Å². The first-order valence-corrected chi connectivity index (χ1v) is 8.15. The predicted octanol–water partition coefficient (Wildman–Crippen LogP) is 3.10. The Morgan fingerprint density at radius 1 is 1.43 bits per heavy atom. The minimum absolute atomic E-state index is 0.394. The Balaban J connectivity index is 1.61. The van der Waals surface area contributed by atoms with Gasteiger partial charge in [-0.15, -0.1) is 0 Å². The number of aromatic amines is 1. The highest BCUT2D eigenvalue weighted by atomic mass is 32.2. The van der Waals surface area contributed by atoms with Crippen molar-refractivity contribution in [3.63, 3.8) is 0 Å². The summed E-state index contributed by atoms with van der Waals surface area (Å²) >= 11 is 1.72. The van der Waals surface area contributed by atoms with Gasteiger partial charge in [0, 0.05) is 24.5 Å². The second kappa shape index (κ2) is 8.46. The quantitative estimate of drug-likeness (QED) is 0.697. The third-order valence-corrected chi connectivity index (χ3v) is 3.80. The van der Waals surface area contributed by atoms with E-state index in [0.29, 0.717) is 18.1 Å². The smallest absolute Gasteiger partial charge is 0.416 e. The van der Waals surface area contributed by atoms with Gasteiger partial charge in [-0.25, -0.2) is 4.79 Å². The van der Waals surface area contributed by atoms with Crippen molar-refractivity contribution in [2.45, 2.75) is 19.1 Å². The molecule has 0 saturated heterocycles. The predicted molar refractivity (Wildman–Crippen MR) is 86.2 cm³/mol. The van der Waals surface area contributed by atoms with Gasteiger partial charge in [0.15, 0.2) is 0 Å². The maximum absolute atomic E-state index is 10.8. The van der Waals surface area contributed by atoms with Crippen molar-refractivity contribution in [2.75, 3.05) is 24.2 Å². The maximum Gasteiger partial charge on any atom is 0.416 e. The van der Waals surface area contributed by atoms with Crippen LogP contribution in [0.5, 0.6) is 5.75 Å². The van der Waals surface area contributed by atoms with E-state index in [2.05, 4.69) is 17.2 Å². The Hall–Kier alpha value is -1.82. The summed E-state index contributed by atoms with van der Waals surface area (Å²) in [5.41, 5.74) is 1.08.